The van der Waals surface area contributed by atoms with Crippen LogP contribution in [0.25, 0.3) is 0 Å². The van der Waals surface area contributed by atoms with Crippen LogP contribution in [-0.4, -0.2) is 24.9 Å². The molecule has 0 bridgehead atoms. The molecule has 18 heavy (non-hydrogen) atoms. The zero-order valence-electron chi connectivity index (χ0n) is 9.83. The maximum Gasteiger partial charge on any atom is 0.243 e. The lowest BCUT2D eigenvalue weighted by Crippen LogP contribution is -2.36. The van der Waals surface area contributed by atoms with Gasteiger partial charge in [-0.05, 0) is 24.6 Å². The van der Waals surface area contributed by atoms with Crippen LogP contribution < -0.4 is 16.4 Å². The summed E-state index contributed by atoms with van der Waals surface area (Å²) in [5.74, 6) is -0.646. The number of aryl methyl sites for hydroxylation is 1. The van der Waals surface area contributed by atoms with Crippen molar-refractivity contribution in [2.24, 2.45) is 5.73 Å². The van der Waals surface area contributed by atoms with Crippen LogP contribution >= 0.6 is 28.3 Å². The van der Waals surface area contributed by atoms with E-state index in [9.17, 15) is 9.59 Å². The summed E-state index contributed by atoms with van der Waals surface area (Å²) in [6.07, 6.45) is 0. The first-order valence-corrected chi connectivity index (χ1v) is 5.85. The van der Waals surface area contributed by atoms with Gasteiger partial charge >= 0.3 is 0 Å². The molecule has 0 saturated carbocycles. The molecule has 0 aromatic heterocycles. The monoisotopic (exact) mass is 335 g/mol. The molecule has 1 aromatic rings. The van der Waals surface area contributed by atoms with Crippen molar-refractivity contribution in [1.29, 1.82) is 0 Å². The number of benzene rings is 1. The maximum absolute atomic E-state index is 11.4. The van der Waals surface area contributed by atoms with Crippen molar-refractivity contribution in [1.82, 2.24) is 5.32 Å². The minimum atomic E-state index is -0.356. The van der Waals surface area contributed by atoms with Gasteiger partial charge in [0.2, 0.25) is 11.8 Å². The highest BCUT2D eigenvalue weighted by atomic mass is 79.9. The average Bonchev–Trinajstić information content (AvgIpc) is 2.31. The van der Waals surface area contributed by atoms with E-state index in [1.165, 1.54) is 0 Å². The standard InChI is InChI=1S/C11H14BrN3O2.ClH/c1-7-2-3-8(4-9(7)12)15-11(17)6-14-10(16)5-13;/h2-4H,5-6,13H2,1H3,(H,14,16)(H,15,17);1H. The first-order valence-electron chi connectivity index (χ1n) is 5.05. The molecule has 7 heteroatoms. The zero-order valence-corrected chi connectivity index (χ0v) is 12.2. The van der Waals surface area contributed by atoms with Crippen LogP contribution in [0.5, 0.6) is 0 Å². The predicted molar refractivity (Wildman–Crippen MR) is 76.8 cm³/mol. The highest BCUT2D eigenvalue weighted by molar-refractivity contribution is 9.10. The van der Waals surface area contributed by atoms with Crippen molar-refractivity contribution in [3.8, 4) is 0 Å². The average molecular weight is 337 g/mol. The van der Waals surface area contributed by atoms with Gasteiger partial charge in [0.1, 0.15) is 0 Å². The van der Waals surface area contributed by atoms with E-state index in [1.54, 1.807) is 12.1 Å². The Hall–Kier alpha value is -1.11. The third kappa shape index (κ3) is 5.48. The summed E-state index contributed by atoms with van der Waals surface area (Å²) < 4.78 is 0.918. The summed E-state index contributed by atoms with van der Waals surface area (Å²) in [7, 11) is 0. The van der Waals surface area contributed by atoms with Crippen molar-refractivity contribution < 1.29 is 9.59 Å². The Kier molecular flexibility index (Phi) is 7.58. The molecule has 0 heterocycles. The molecular formula is C11H15BrClN3O2. The maximum atomic E-state index is 11.4. The normalized spacial score (nSPS) is 9.28. The van der Waals surface area contributed by atoms with Gasteiger partial charge in [0.15, 0.2) is 0 Å². The third-order valence-electron chi connectivity index (χ3n) is 2.09. The first kappa shape index (κ1) is 16.9. The van der Waals surface area contributed by atoms with Crippen molar-refractivity contribution in [3.05, 3.63) is 28.2 Å². The Bertz CT molecular complexity index is 440. The summed E-state index contributed by atoms with van der Waals surface area (Å²) in [6.45, 7) is 1.75. The van der Waals surface area contributed by atoms with Gasteiger partial charge in [0.25, 0.3) is 0 Å². The molecule has 0 unspecified atom stereocenters. The molecule has 0 saturated heterocycles. The lowest BCUT2D eigenvalue weighted by Gasteiger charge is -2.07. The molecule has 5 nitrogen and oxygen atoms in total. The van der Waals surface area contributed by atoms with E-state index in [-0.39, 0.29) is 37.3 Å². The topological polar surface area (TPSA) is 84.2 Å². The molecule has 0 spiro atoms. The number of hydrogen-bond donors (Lipinski definition) is 3. The molecule has 0 atom stereocenters. The number of hydrogen-bond acceptors (Lipinski definition) is 3. The first-order chi connectivity index (χ1) is 8.02. The molecule has 4 N–H and O–H groups in total. The van der Waals surface area contributed by atoms with E-state index in [0.29, 0.717) is 5.69 Å². The molecule has 0 aliphatic rings. The fraction of sp³-hybridized carbons (Fsp3) is 0.273. The number of carbonyl (C=O) groups excluding carboxylic acids is 2. The number of rotatable bonds is 4. The van der Waals surface area contributed by atoms with Gasteiger partial charge in [-0.25, -0.2) is 0 Å². The van der Waals surface area contributed by atoms with Crippen LogP contribution in [0, 0.1) is 6.92 Å². The van der Waals surface area contributed by atoms with Crippen LogP contribution in [0.15, 0.2) is 22.7 Å². The van der Waals surface area contributed by atoms with E-state index in [0.717, 1.165) is 10.0 Å². The van der Waals surface area contributed by atoms with E-state index in [2.05, 4.69) is 26.6 Å². The number of nitrogens with two attached hydrogens (primary N) is 1. The Balaban J connectivity index is 0.00000289. The fourth-order valence-electron chi connectivity index (χ4n) is 1.13. The molecule has 0 fully saturated rings. The SMILES string of the molecule is Cc1ccc(NC(=O)CNC(=O)CN)cc1Br.Cl. The van der Waals surface area contributed by atoms with Crippen LogP contribution in [0.3, 0.4) is 0 Å². The second-order valence-corrected chi connectivity index (χ2v) is 4.35. The number of amides is 2. The van der Waals surface area contributed by atoms with Crippen molar-refractivity contribution in [2.75, 3.05) is 18.4 Å². The summed E-state index contributed by atoms with van der Waals surface area (Å²) in [6, 6.07) is 5.49. The second-order valence-electron chi connectivity index (χ2n) is 3.49. The highest BCUT2D eigenvalue weighted by Crippen LogP contribution is 2.20. The van der Waals surface area contributed by atoms with E-state index >= 15 is 0 Å². The number of nitrogens with one attached hydrogen (secondary N) is 2. The molecular weight excluding hydrogens is 321 g/mol. The van der Waals surface area contributed by atoms with E-state index < -0.39 is 0 Å². The van der Waals surface area contributed by atoms with Crippen LogP contribution in [0.2, 0.25) is 0 Å². The zero-order chi connectivity index (χ0) is 12.8. The second kappa shape index (κ2) is 8.07. The van der Waals surface area contributed by atoms with E-state index in [1.807, 2.05) is 13.0 Å². The van der Waals surface area contributed by atoms with Gasteiger partial charge < -0.3 is 16.4 Å². The third-order valence-corrected chi connectivity index (χ3v) is 2.94. The quantitative estimate of drug-likeness (QED) is 0.772. The van der Waals surface area contributed by atoms with Crippen molar-refractivity contribution in [2.45, 2.75) is 6.92 Å². The lowest BCUT2D eigenvalue weighted by molar-refractivity contribution is -0.123. The molecule has 0 aliphatic carbocycles. The van der Waals surface area contributed by atoms with Gasteiger partial charge in [0, 0.05) is 10.2 Å². The summed E-state index contributed by atoms with van der Waals surface area (Å²) in [5.41, 5.74) is 6.86. The van der Waals surface area contributed by atoms with Crippen LogP contribution in [-0.2, 0) is 9.59 Å². The molecule has 0 aliphatic heterocycles. The van der Waals surface area contributed by atoms with Crippen molar-refractivity contribution >= 4 is 45.8 Å². The minimum absolute atomic E-state index is 0. The van der Waals surface area contributed by atoms with Gasteiger partial charge in [-0.2, -0.15) is 0 Å². The molecule has 1 rings (SSSR count). The van der Waals surface area contributed by atoms with Crippen LogP contribution in [0.1, 0.15) is 5.56 Å². The van der Waals surface area contributed by atoms with Crippen LogP contribution in [0.4, 0.5) is 5.69 Å². The number of anilines is 1. The Morgan fingerprint density at radius 3 is 2.56 bits per heavy atom. The predicted octanol–water partition coefficient (Wildman–Crippen LogP) is 1.19. The number of halogens is 2. The smallest absolute Gasteiger partial charge is 0.243 e. The summed E-state index contributed by atoms with van der Waals surface area (Å²) >= 11 is 3.37. The Morgan fingerprint density at radius 2 is 2.00 bits per heavy atom. The molecule has 1 aromatic carbocycles. The summed E-state index contributed by atoms with van der Waals surface area (Å²) in [5, 5.41) is 5.06. The Morgan fingerprint density at radius 1 is 1.33 bits per heavy atom. The van der Waals surface area contributed by atoms with Gasteiger partial charge in [-0.3, -0.25) is 9.59 Å². The fourth-order valence-corrected chi connectivity index (χ4v) is 1.51. The Labute approximate surface area is 120 Å². The molecule has 100 valence electrons. The molecule has 0 radical (unpaired) electrons. The largest absolute Gasteiger partial charge is 0.346 e. The summed E-state index contributed by atoms with van der Waals surface area (Å²) in [4.78, 5) is 22.3. The van der Waals surface area contributed by atoms with Gasteiger partial charge in [0.05, 0.1) is 13.1 Å². The number of carbonyl (C=O) groups is 2. The molecule has 2 amide bonds. The minimum Gasteiger partial charge on any atom is -0.346 e. The van der Waals surface area contributed by atoms with Gasteiger partial charge in [-0.1, -0.05) is 22.0 Å². The van der Waals surface area contributed by atoms with Gasteiger partial charge in [-0.15, -0.1) is 12.4 Å². The lowest BCUT2D eigenvalue weighted by atomic mass is 10.2. The highest BCUT2D eigenvalue weighted by Gasteiger charge is 2.05. The van der Waals surface area contributed by atoms with Crippen molar-refractivity contribution in [3.63, 3.8) is 0 Å². The van der Waals surface area contributed by atoms with E-state index in [4.69, 9.17) is 5.73 Å².